The zero-order valence-corrected chi connectivity index (χ0v) is 11.6. The first-order chi connectivity index (χ1) is 8.97. The first kappa shape index (κ1) is 14.0. The Kier molecular flexibility index (Phi) is 4.17. The molecule has 100 valence electrons. The number of hydrogen-bond donors (Lipinski definition) is 2. The lowest BCUT2D eigenvalue weighted by atomic mass is 10.1. The monoisotopic (exact) mass is 299 g/mol. The molecule has 0 bridgehead atoms. The van der Waals surface area contributed by atoms with Gasteiger partial charge in [-0.05, 0) is 36.8 Å². The van der Waals surface area contributed by atoms with Gasteiger partial charge in [0.25, 0.3) is 0 Å². The third kappa shape index (κ3) is 3.31. The van der Waals surface area contributed by atoms with Crippen molar-refractivity contribution in [2.45, 2.75) is 13.0 Å². The molecule has 19 heavy (non-hydrogen) atoms. The van der Waals surface area contributed by atoms with Gasteiger partial charge in [0.1, 0.15) is 11.6 Å². The SMILES string of the molecule is CC(Nc1cccc(O)c1)c1cc(F)c(Cl)cc1Cl. The van der Waals surface area contributed by atoms with Crippen molar-refractivity contribution in [1.82, 2.24) is 0 Å². The highest BCUT2D eigenvalue weighted by molar-refractivity contribution is 6.35. The van der Waals surface area contributed by atoms with Crippen molar-refractivity contribution in [2.75, 3.05) is 5.32 Å². The highest BCUT2D eigenvalue weighted by atomic mass is 35.5. The summed E-state index contributed by atoms with van der Waals surface area (Å²) in [6.07, 6.45) is 0. The first-order valence-corrected chi connectivity index (χ1v) is 6.43. The fourth-order valence-corrected chi connectivity index (χ4v) is 2.34. The molecule has 0 heterocycles. The molecule has 0 aliphatic carbocycles. The molecular formula is C14H12Cl2FNO. The smallest absolute Gasteiger partial charge is 0.142 e. The molecule has 0 aromatic heterocycles. The van der Waals surface area contributed by atoms with Crippen molar-refractivity contribution < 1.29 is 9.50 Å². The van der Waals surface area contributed by atoms with Gasteiger partial charge in [-0.1, -0.05) is 29.3 Å². The molecule has 0 saturated heterocycles. The predicted molar refractivity (Wildman–Crippen MR) is 76.6 cm³/mol. The second-order valence-corrected chi connectivity index (χ2v) is 5.02. The molecule has 2 nitrogen and oxygen atoms in total. The van der Waals surface area contributed by atoms with E-state index in [1.54, 1.807) is 24.3 Å². The molecule has 0 aliphatic heterocycles. The van der Waals surface area contributed by atoms with E-state index in [0.29, 0.717) is 10.6 Å². The van der Waals surface area contributed by atoms with Gasteiger partial charge in [-0.25, -0.2) is 4.39 Å². The lowest BCUT2D eigenvalue weighted by molar-refractivity contribution is 0.475. The summed E-state index contributed by atoms with van der Waals surface area (Å²) in [5.41, 5.74) is 1.32. The lowest BCUT2D eigenvalue weighted by Gasteiger charge is -2.17. The zero-order chi connectivity index (χ0) is 14.0. The van der Waals surface area contributed by atoms with Crippen molar-refractivity contribution in [1.29, 1.82) is 0 Å². The fraction of sp³-hybridized carbons (Fsp3) is 0.143. The molecule has 5 heteroatoms. The van der Waals surface area contributed by atoms with Gasteiger partial charge in [-0.15, -0.1) is 0 Å². The van der Waals surface area contributed by atoms with E-state index in [4.69, 9.17) is 23.2 Å². The van der Waals surface area contributed by atoms with Crippen LogP contribution in [0.5, 0.6) is 5.75 Å². The number of phenolic OH excluding ortho intramolecular Hbond substituents is 1. The standard InChI is InChI=1S/C14H12Cl2FNO/c1-8(18-9-3-2-4-10(19)5-9)11-6-14(17)13(16)7-12(11)15/h2-8,18-19H,1H3. The van der Waals surface area contributed by atoms with Crippen LogP contribution < -0.4 is 5.32 Å². The number of phenols is 1. The van der Waals surface area contributed by atoms with E-state index in [2.05, 4.69) is 5.32 Å². The Morgan fingerprint density at radius 3 is 2.58 bits per heavy atom. The summed E-state index contributed by atoms with van der Waals surface area (Å²) in [6.45, 7) is 1.85. The molecule has 0 saturated carbocycles. The molecule has 0 fully saturated rings. The van der Waals surface area contributed by atoms with Crippen molar-refractivity contribution in [2.24, 2.45) is 0 Å². The van der Waals surface area contributed by atoms with E-state index in [1.807, 2.05) is 6.92 Å². The van der Waals surface area contributed by atoms with E-state index in [9.17, 15) is 9.50 Å². The Labute approximate surface area is 120 Å². The maximum absolute atomic E-state index is 13.5. The molecule has 2 aromatic rings. The molecule has 0 aliphatic rings. The molecule has 2 rings (SSSR count). The summed E-state index contributed by atoms with van der Waals surface area (Å²) in [6, 6.07) is 9.15. The third-order valence-corrected chi connectivity index (χ3v) is 3.35. The summed E-state index contributed by atoms with van der Waals surface area (Å²) in [5, 5.41) is 12.9. The molecule has 0 radical (unpaired) electrons. The molecule has 2 N–H and O–H groups in total. The van der Waals surface area contributed by atoms with Gasteiger partial charge in [0, 0.05) is 16.8 Å². The van der Waals surface area contributed by atoms with Crippen LogP contribution >= 0.6 is 23.2 Å². The minimum atomic E-state index is -0.509. The minimum Gasteiger partial charge on any atom is -0.508 e. The Hall–Kier alpha value is -1.45. The van der Waals surface area contributed by atoms with Crippen LogP contribution in [0.3, 0.4) is 0 Å². The summed E-state index contributed by atoms with van der Waals surface area (Å²) < 4.78 is 13.5. The number of aromatic hydroxyl groups is 1. The van der Waals surface area contributed by atoms with E-state index in [-0.39, 0.29) is 16.8 Å². The number of rotatable bonds is 3. The number of hydrogen-bond acceptors (Lipinski definition) is 2. The van der Waals surface area contributed by atoms with E-state index >= 15 is 0 Å². The van der Waals surface area contributed by atoms with Gasteiger partial charge in [0.05, 0.1) is 11.1 Å². The summed E-state index contributed by atoms with van der Waals surface area (Å²) in [4.78, 5) is 0. The third-order valence-electron chi connectivity index (χ3n) is 2.74. The fourth-order valence-electron chi connectivity index (χ4n) is 1.79. The van der Waals surface area contributed by atoms with Gasteiger partial charge in [0.2, 0.25) is 0 Å². The number of halogens is 3. The van der Waals surface area contributed by atoms with Crippen LogP contribution in [-0.4, -0.2) is 5.11 Å². The lowest BCUT2D eigenvalue weighted by Crippen LogP contribution is -2.07. The minimum absolute atomic E-state index is 0.00157. The van der Waals surface area contributed by atoms with Gasteiger partial charge >= 0.3 is 0 Å². The molecular weight excluding hydrogens is 288 g/mol. The molecule has 0 amide bonds. The molecule has 0 spiro atoms. The maximum atomic E-state index is 13.5. The Bertz CT molecular complexity index is 604. The normalized spacial score (nSPS) is 12.2. The summed E-state index contributed by atoms with van der Waals surface area (Å²) in [7, 11) is 0. The second-order valence-electron chi connectivity index (χ2n) is 4.20. The Balaban J connectivity index is 2.25. The van der Waals surface area contributed by atoms with Gasteiger partial charge in [0.15, 0.2) is 0 Å². The first-order valence-electron chi connectivity index (χ1n) is 5.67. The Morgan fingerprint density at radius 1 is 1.16 bits per heavy atom. The number of nitrogens with one attached hydrogen (secondary N) is 1. The second kappa shape index (κ2) is 5.68. The largest absolute Gasteiger partial charge is 0.508 e. The quantitative estimate of drug-likeness (QED) is 0.781. The average molecular weight is 300 g/mol. The van der Waals surface area contributed by atoms with Crippen LogP contribution in [-0.2, 0) is 0 Å². The van der Waals surface area contributed by atoms with Crippen LogP contribution in [0.25, 0.3) is 0 Å². The van der Waals surface area contributed by atoms with Crippen LogP contribution in [0.15, 0.2) is 36.4 Å². The van der Waals surface area contributed by atoms with Crippen LogP contribution in [0.1, 0.15) is 18.5 Å². The van der Waals surface area contributed by atoms with Crippen LogP contribution in [0.2, 0.25) is 10.0 Å². The molecule has 1 atom stereocenters. The van der Waals surface area contributed by atoms with Gasteiger partial charge in [-0.3, -0.25) is 0 Å². The van der Waals surface area contributed by atoms with Crippen molar-refractivity contribution >= 4 is 28.9 Å². The predicted octanol–water partition coefficient (Wildman–Crippen LogP) is 5.01. The topological polar surface area (TPSA) is 32.3 Å². The van der Waals surface area contributed by atoms with Gasteiger partial charge < -0.3 is 10.4 Å². The number of anilines is 1. The van der Waals surface area contributed by atoms with E-state index in [0.717, 1.165) is 5.69 Å². The average Bonchev–Trinajstić information content (AvgIpc) is 2.33. The van der Waals surface area contributed by atoms with E-state index < -0.39 is 5.82 Å². The van der Waals surface area contributed by atoms with Crippen molar-refractivity contribution in [3.05, 3.63) is 57.8 Å². The molecule has 1 unspecified atom stereocenters. The summed E-state index contributed by atoms with van der Waals surface area (Å²) in [5.74, 6) is -0.351. The van der Waals surface area contributed by atoms with Crippen LogP contribution in [0.4, 0.5) is 10.1 Å². The van der Waals surface area contributed by atoms with E-state index in [1.165, 1.54) is 12.1 Å². The summed E-state index contributed by atoms with van der Waals surface area (Å²) >= 11 is 11.7. The maximum Gasteiger partial charge on any atom is 0.142 e. The van der Waals surface area contributed by atoms with Crippen LogP contribution in [0, 0.1) is 5.82 Å². The Morgan fingerprint density at radius 2 is 1.89 bits per heavy atom. The van der Waals surface area contributed by atoms with Crippen molar-refractivity contribution in [3.8, 4) is 5.75 Å². The van der Waals surface area contributed by atoms with Crippen molar-refractivity contribution in [3.63, 3.8) is 0 Å². The highest BCUT2D eigenvalue weighted by Gasteiger charge is 2.13. The highest BCUT2D eigenvalue weighted by Crippen LogP contribution is 2.30. The van der Waals surface area contributed by atoms with Gasteiger partial charge in [-0.2, -0.15) is 0 Å². The molecule has 2 aromatic carbocycles. The number of benzene rings is 2. The zero-order valence-electron chi connectivity index (χ0n) is 10.1.